The average Bonchev–Trinajstić information content (AvgIpc) is 2.98. The van der Waals surface area contributed by atoms with Crippen molar-refractivity contribution < 1.29 is 13.2 Å². The van der Waals surface area contributed by atoms with Gasteiger partial charge in [-0.3, -0.25) is 9.52 Å². The first-order valence-electron chi connectivity index (χ1n) is 9.66. The van der Waals surface area contributed by atoms with Crippen molar-refractivity contribution in [3.8, 4) is 11.3 Å². The van der Waals surface area contributed by atoms with Gasteiger partial charge in [0.25, 0.3) is 0 Å². The van der Waals surface area contributed by atoms with Crippen LogP contribution in [0.15, 0.2) is 48.7 Å². The van der Waals surface area contributed by atoms with Gasteiger partial charge in [-0.2, -0.15) is 0 Å². The molecular formula is C22H24N4O3S. The molecular weight excluding hydrogens is 400 g/mol. The lowest BCUT2D eigenvalue weighted by molar-refractivity contribution is 0.0912. The summed E-state index contributed by atoms with van der Waals surface area (Å²) >= 11 is 0. The number of pyridine rings is 1. The Hall–Kier alpha value is -3.13. The molecule has 0 saturated heterocycles. The smallest absolute Gasteiger partial charge is 0.230 e. The third-order valence-corrected chi connectivity index (χ3v) is 5.61. The van der Waals surface area contributed by atoms with Crippen LogP contribution in [-0.4, -0.2) is 30.4 Å². The molecule has 4 rings (SSSR count). The molecule has 156 valence electrons. The van der Waals surface area contributed by atoms with Gasteiger partial charge in [0.15, 0.2) is 5.78 Å². The minimum absolute atomic E-state index is 0.0886. The number of hydrogen-bond donors (Lipinski definition) is 3. The molecule has 0 unspecified atom stereocenters. The molecule has 1 aromatic carbocycles. The summed E-state index contributed by atoms with van der Waals surface area (Å²) in [6, 6.07) is 13.1. The molecule has 0 radical (unpaired) electrons. The van der Waals surface area contributed by atoms with Gasteiger partial charge in [0.05, 0.1) is 23.2 Å². The lowest BCUT2D eigenvalue weighted by Gasteiger charge is -2.28. The molecule has 0 spiro atoms. The van der Waals surface area contributed by atoms with Crippen LogP contribution in [0.25, 0.3) is 11.3 Å². The molecule has 7 nitrogen and oxygen atoms in total. The molecule has 1 aliphatic carbocycles. The van der Waals surface area contributed by atoms with E-state index in [1.54, 1.807) is 18.3 Å². The van der Waals surface area contributed by atoms with Crippen molar-refractivity contribution in [2.24, 2.45) is 5.41 Å². The molecule has 0 aliphatic heterocycles. The van der Waals surface area contributed by atoms with Crippen molar-refractivity contribution in [2.75, 3.05) is 16.3 Å². The summed E-state index contributed by atoms with van der Waals surface area (Å²) < 4.78 is 25.6. The number of nitrogens with zero attached hydrogens (tertiary/aromatic N) is 1. The first-order valence-corrected chi connectivity index (χ1v) is 11.5. The monoisotopic (exact) mass is 424 g/mol. The highest BCUT2D eigenvalue weighted by Crippen LogP contribution is 2.43. The Morgan fingerprint density at radius 2 is 1.83 bits per heavy atom. The highest BCUT2D eigenvalue weighted by Gasteiger charge is 2.35. The molecule has 2 aromatic heterocycles. The van der Waals surface area contributed by atoms with Crippen LogP contribution < -0.4 is 10.0 Å². The van der Waals surface area contributed by atoms with Crippen LogP contribution >= 0.6 is 0 Å². The number of nitrogens with one attached hydrogen (secondary N) is 3. The molecule has 0 bridgehead atoms. The van der Waals surface area contributed by atoms with Gasteiger partial charge in [-0.25, -0.2) is 13.4 Å². The van der Waals surface area contributed by atoms with Gasteiger partial charge >= 0.3 is 0 Å². The molecule has 3 N–H and O–H groups in total. The lowest BCUT2D eigenvalue weighted by Crippen LogP contribution is -2.26. The number of H-pyrrole nitrogens is 1. The maximum Gasteiger partial charge on any atom is 0.230 e. The Labute approximate surface area is 176 Å². The van der Waals surface area contributed by atoms with Gasteiger partial charge in [-0.1, -0.05) is 32.0 Å². The number of aromatic nitrogens is 2. The van der Waals surface area contributed by atoms with E-state index in [1.807, 2.05) is 30.3 Å². The fourth-order valence-corrected chi connectivity index (χ4v) is 4.39. The molecule has 30 heavy (non-hydrogen) atoms. The van der Waals surface area contributed by atoms with Gasteiger partial charge in [0, 0.05) is 29.6 Å². The number of aromatic amines is 1. The van der Waals surface area contributed by atoms with E-state index in [0.717, 1.165) is 35.3 Å². The van der Waals surface area contributed by atoms with Crippen molar-refractivity contribution in [3.05, 3.63) is 59.9 Å². The number of sulfonamides is 1. The summed E-state index contributed by atoms with van der Waals surface area (Å²) in [5.41, 5.74) is 4.46. The highest BCUT2D eigenvalue weighted by atomic mass is 32.2. The maximum absolute atomic E-state index is 13.0. The second-order valence-electron chi connectivity index (χ2n) is 8.46. The van der Waals surface area contributed by atoms with Crippen LogP contribution in [0.4, 0.5) is 17.2 Å². The van der Waals surface area contributed by atoms with Crippen LogP contribution in [0.2, 0.25) is 0 Å². The quantitative estimate of drug-likeness (QED) is 0.565. The summed E-state index contributed by atoms with van der Waals surface area (Å²) in [6.45, 7) is 4.17. The summed E-state index contributed by atoms with van der Waals surface area (Å²) in [7, 11) is -3.45. The third kappa shape index (κ3) is 4.23. The minimum Gasteiger partial charge on any atom is -0.356 e. The molecule has 2 heterocycles. The first-order chi connectivity index (χ1) is 14.1. The van der Waals surface area contributed by atoms with E-state index in [0.29, 0.717) is 17.7 Å². The van der Waals surface area contributed by atoms with Gasteiger partial charge in [-0.05, 0) is 36.1 Å². The zero-order valence-electron chi connectivity index (χ0n) is 17.1. The zero-order valence-corrected chi connectivity index (χ0v) is 17.9. The van der Waals surface area contributed by atoms with Crippen molar-refractivity contribution in [3.63, 3.8) is 0 Å². The van der Waals surface area contributed by atoms with Crippen LogP contribution in [0.3, 0.4) is 0 Å². The number of benzene rings is 1. The predicted molar refractivity (Wildman–Crippen MR) is 119 cm³/mol. The summed E-state index contributed by atoms with van der Waals surface area (Å²) in [6.07, 6.45) is 3.84. The van der Waals surface area contributed by atoms with Crippen molar-refractivity contribution >= 4 is 33.0 Å². The first kappa shape index (κ1) is 20.2. The molecule has 1 aliphatic rings. The van der Waals surface area contributed by atoms with Gasteiger partial charge in [-0.15, -0.1) is 0 Å². The van der Waals surface area contributed by atoms with E-state index in [2.05, 4.69) is 33.9 Å². The van der Waals surface area contributed by atoms with Gasteiger partial charge < -0.3 is 10.3 Å². The SMILES string of the molecule is CC1(C)CC(=O)c2c([nH]c(-c3ccnc(NS(C)(=O)=O)c3)c2Nc2ccccc2)C1. The fourth-order valence-electron chi connectivity index (χ4n) is 3.90. The van der Waals surface area contributed by atoms with Crippen LogP contribution in [0.1, 0.15) is 36.3 Å². The Kier molecular flexibility index (Phi) is 4.89. The number of carbonyl (C=O) groups excluding carboxylic acids is 1. The Morgan fingerprint density at radius 3 is 2.53 bits per heavy atom. The maximum atomic E-state index is 13.0. The number of carbonyl (C=O) groups is 1. The normalized spacial score (nSPS) is 15.5. The number of ketones is 1. The van der Waals surface area contributed by atoms with E-state index in [-0.39, 0.29) is 17.0 Å². The van der Waals surface area contributed by atoms with E-state index in [1.165, 1.54) is 0 Å². The van der Waals surface area contributed by atoms with E-state index in [9.17, 15) is 13.2 Å². The second kappa shape index (κ2) is 7.28. The minimum atomic E-state index is -3.45. The summed E-state index contributed by atoms with van der Waals surface area (Å²) in [5.74, 6) is 0.311. The summed E-state index contributed by atoms with van der Waals surface area (Å²) in [4.78, 5) is 20.6. The van der Waals surface area contributed by atoms with Crippen LogP contribution in [0.5, 0.6) is 0 Å². The number of anilines is 3. The Balaban J connectivity index is 1.85. The molecule has 0 fully saturated rings. The van der Waals surface area contributed by atoms with Crippen molar-refractivity contribution in [2.45, 2.75) is 26.7 Å². The fraction of sp³-hybridized carbons (Fsp3) is 0.273. The number of fused-ring (bicyclic) bond motifs is 1. The van der Waals surface area contributed by atoms with E-state index < -0.39 is 10.0 Å². The molecule has 3 aromatic rings. The lowest BCUT2D eigenvalue weighted by atomic mass is 9.76. The molecule has 0 amide bonds. The predicted octanol–water partition coefficient (Wildman–Crippen LogP) is 4.35. The number of Topliss-reactive ketones (excluding diaryl/α,β-unsaturated/α-hetero) is 1. The number of hydrogen-bond acceptors (Lipinski definition) is 5. The van der Waals surface area contributed by atoms with Gasteiger partial charge in [0.1, 0.15) is 5.82 Å². The third-order valence-electron chi connectivity index (χ3n) is 5.03. The zero-order chi connectivity index (χ0) is 21.5. The average molecular weight is 425 g/mol. The van der Waals surface area contributed by atoms with E-state index >= 15 is 0 Å². The number of para-hydroxylation sites is 1. The Bertz CT molecular complexity index is 1210. The van der Waals surface area contributed by atoms with Crippen LogP contribution in [0, 0.1) is 5.41 Å². The summed E-state index contributed by atoms with van der Waals surface area (Å²) in [5, 5.41) is 3.39. The van der Waals surface area contributed by atoms with Crippen molar-refractivity contribution in [1.29, 1.82) is 0 Å². The largest absolute Gasteiger partial charge is 0.356 e. The second-order valence-corrected chi connectivity index (χ2v) is 10.2. The highest BCUT2D eigenvalue weighted by molar-refractivity contribution is 7.92. The standard InChI is InChI=1S/C22H24N4O3S/c1-22(2)12-16-19(17(27)13-22)21(24-15-7-5-4-6-8-15)20(25-16)14-9-10-23-18(11-14)26-30(3,28)29/h4-11,24-25H,12-13H2,1-3H3,(H,23,26). The topological polar surface area (TPSA) is 104 Å². The van der Waals surface area contributed by atoms with Gasteiger partial charge in [0.2, 0.25) is 10.0 Å². The molecule has 8 heteroatoms. The Morgan fingerprint density at radius 1 is 1.10 bits per heavy atom. The molecule has 0 saturated carbocycles. The van der Waals surface area contributed by atoms with Crippen molar-refractivity contribution in [1.82, 2.24) is 9.97 Å². The molecule has 0 atom stereocenters. The van der Waals surface area contributed by atoms with Crippen LogP contribution in [-0.2, 0) is 16.4 Å². The van der Waals surface area contributed by atoms with E-state index in [4.69, 9.17) is 0 Å². The number of rotatable bonds is 5.